The van der Waals surface area contributed by atoms with Crippen LogP contribution in [-0.2, 0) is 4.79 Å². The maximum atomic E-state index is 12.3. The van der Waals surface area contributed by atoms with Crippen LogP contribution in [-0.4, -0.2) is 40.8 Å². The highest BCUT2D eigenvalue weighted by Gasteiger charge is 2.36. The Kier molecular flexibility index (Phi) is 4.45. The molecule has 0 spiro atoms. The lowest BCUT2D eigenvalue weighted by atomic mass is 9.91. The van der Waals surface area contributed by atoms with Gasteiger partial charge in [0.2, 0.25) is 5.91 Å². The second-order valence-electron chi connectivity index (χ2n) is 5.88. The van der Waals surface area contributed by atoms with E-state index in [2.05, 4.69) is 24.1 Å². The molecule has 1 saturated heterocycles. The van der Waals surface area contributed by atoms with Crippen molar-refractivity contribution in [3.8, 4) is 0 Å². The van der Waals surface area contributed by atoms with E-state index in [1.807, 2.05) is 0 Å². The third kappa shape index (κ3) is 3.51. The Labute approximate surface area is 124 Å². The Morgan fingerprint density at radius 2 is 2.14 bits per heavy atom. The third-order valence-corrected chi connectivity index (χ3v) is 4.03. The number of nitrogens with zero attached hydrogens (tertiary/aromatic N) is 2. The molecule has 2 rings (SSSR count). The lowest BCUT2D eigenvalue weighted by Crippen LogP contribution is -2.42. The lowest BCUT2D eigenvalue weighted by molar-refractivity contribution is -0.128. The predicted octanol–water partition coefficient (Wildman–Crippen LogP) is 0.896. The minimum Gasteiger partial charge on any atom is -0.384 e. The van der Waals surface area contributed by atoms with Gasteiger partial charge >= 0.3 is 0 Å². The number of hydrogen-bond donors (Lipinski definition) is 2. The van der Waals surface area contributed by atoms with E-state index in [0.29, 0.717) is 30.4 Å². The summed E-state index contributed by atoms with van der Waals surface area (Å²) in [5.41, 5.74) is 6.09. The van der Waals surface area contributed by atoms with Crippen molar-refractivity contribution in [1.29, 1.82) is 0 Å². The smallest absolute Gasteiger partial charge is 0.251 e. The molecule has 0 radical (unpaired) electrons. The van der Waals surface area contributed by atoms with Gasteiger partial charge in [0, 0.05) is 37.7 Å². The number of nitrogen functional groups attached to an aromatic ring is 1. The van der Waals surface area contributed by atoms with Gasteiger partial charge in [0.05, 0.1) is 6.04 Å². The van der Waals surface area contributed by atoms with Crippen LogP contribution in [0.15, 0.2) is 18.3 Å². The number of amides is 2. The topological polar surface area (TPSA) is 88.3 Å². The molecule has 2 atom stereocenters. The van der Waals surface area contributed by atoms with Crippen molar-refractivity contribution < 1.29 is 9.59 Å². The lowest BCUT2D eigenvalue weighted by Gasteiger charge is -2.22. The van der Waals surface area contributed by atoms with Gasteiger partial charge in [-0.25, -0.2) is 4.98 Å². The molecule has 6 nitrogen and oxygen atoms in total. The van der Waals surface area contributed by atoms with Crippen molar-refractivity contribution >= 4 is 17.6 Å². The van der Waals surface area contributed by atoms with Gasteiger partial charge in [0.15, 0.2) is 0 Å². The van der Waals surface area contributed by atoms with E-state index < -0.39 is 0 Å². The molecule has 6 heteroatoms. The summed E-state index contributed by atoms with van der Waals surface area (Å²) in [6.07, 6.45) is 1.51. The van der Waals surface area contributed by atoms with Crippen molar-refractivity contribution in [2.75, 3.05) is 18.8 Å². The highest BCUT2D eigenvalue weighted by Crippen LogP contribution is 2.24. The average Bonchev–Trinajstić information content (AvgIpc) is 2.83. The van der Waals surface area contributed by atoms with Gasteiger partial charge in [-0.05, 0) is 18.1 Å². The van der Waals surface area contributed by atoms with Crippen molar-refractivity contribution in [3.05, 3.63) is 23.9 Å². The summed E-state index contributed by atoms with van der Waals surface area (Å²) < 4.78 is 0. The second-order valence-corrected chi connectivity index (χ2v) is 5.88. The number of rotatable bonds is 3. The first-order valence-corrected chi connectivity index (χ1v) is 7.16. The zero-order valence-corrected chi connectivity index (χ0v) is 12.7. The fourth-order valence-electron chi connectivity index (χ4n) is 2.76. The Balaban J connectivity index is 2.09. The normalized spacial score (nSPS) is 21.6. The van der Waals surface area contributed by atoms with Gasteiger partial charge in [-0.15, -0.1) is 0 Å². The number of pyridine rings is 1. The Morgan fingerprint density at radius 1 is 1.43 bits per heavy atom. The number of nitrogens with two attached hydrogens (primary N) is 1. The van der Waals surface area contributed by atoms with Crippen LogP contribution in [0.1, 0.15) is 31.1 Å². The monoisotopic (exact) mass is 290 g/mol. The first kappa shape index (κ1) is 15.3. The highest BCUT2D eigenvalue weighted by molar-refractivity contribution is 5.95. The van der Waals surface area contributed by atoms with E-state index in [9.17, 15) is 9.59 Å². The molecule has 1 aliphatic rings. The number of nitrogens with one attached hydrogen (secondary N) is 1. The van der Waals surface area contributed by atoms with E-state index in [1.165, 1.54) is 6.20 Å². The zero-order chi connectivity index (χ0) is 15.6. The molecule has 1 fully saturated rings. The van der Waals surface area contributed by atoms with Crippen molar-refractivity contribution in [1.82, 2.24) is 15.2 Å². The van der Waals surface area contributed by atoms with Gasteiger partial charge in [-0.3, -0.25) is 9.59 Å². The molecule has 1 aromatic heterocycles. The van der Waals surface area contributed by atoms with E-state index in [0.717, 1.165) is 0 Å². The van der Waals surface area contributed by atoms with Crippen molar-refractivity contribution in [2.45, 2.75) is 26.8 Å². The summed E-state index contributed by atoms with van der Waals surface area (Å²) in [5.74, 6) is 0.842. The Hall–Kier alpha value is -2.11. The number of carbonyl (C=O) groups is 2. The second kappa shape index (κ2) is 6.11. The molecule has 1 aromatic rings. The maximum absolute atomic E-state index is 12.3. The molecular formula is C15H22N4O2. The molecule has 21 heavy (non-hydrogen) atoms. The number of anilines is 1. The molecule has 0 aliphatic carbocycles. The molecule has 0 saturated carbocycles. The van der Waals surface area contributed by atoms with Crippen LogP contribution >= 0.6 is 0 Å². The molecule has 0 unspecified atom stereocenters. The summed E-state index contributed by atoms with van der Waals surface area (Å²) in [5, 5.41) is 3.02. The molecular weight excluding hydrogens is 268 g/mol. The van der Waals surface area contributed by atoms with Crippen LogP contribution in [0.25, 0.3) is 0 Å². The first-order valence-electron chi connectivity index (χ1n) is 7.16. The van der Waals surface area contributed by atoms with Crippen LogP contribution in [0.4, 0.5) is 5.82 Å². The molecule has 114 valence electrons. The summed E-state index contributed by atoms with van der Waals surface area (Å²) in [4.78, 5) is 29.5. The van der Waals surface area contributed by atoms with Crippen LogP contribution < -0.4 is 11.1 Å². The van der Waals surface area contributed by atoms with Crippen LogP contribution in [0.3, 0.4) is 0 Å². The number of carbonyl (C=O) groups excluding carboxylic acids is 2. The van der Waals surface area contributed by atoms with Crippen LogP contribution in [0.5, 0.6) is 0 Å². The zero-order valence-electron chi connectivity index (χ0n) is 12.7. The predicted molar refractivity (Wildman–Crippen MR) is 80.5 cm³/mol. The van der Waals surface area contributed by atoms with E-state index in [4.69, 9.17) is 5.73 Å². The number of likely N-dealkylation sites (tertiary alicyclic amines) is 1. The average molecular weight is 290 g/mol. The van der Waals surface area contributed by atoms with Gasteiger partial charge in [0.1, 0.15) is 5.82 Å². The standard InChI is InChI=1S/C15H22N4O2/c1-9(2)12-7-19(10(3)20)8-13(12)18-15(21)11-4-5-17-14(16)6-11/h4-6,9,12-13H,7-8H2,1-3H3,(H2,16,17)(H,18,21)/t12-,13+/m1/s1. The van der Waals surface area contributed by atoms with E-state index >= 15 is 0 Å². The largest absolute Gasteiger partial charge is 0.384 e. The summed E-state index contributed by atoms with van der Waals surface area (Å²) >= 11 is 0. The third-order valence-electron chi connectivity index (χ3n) is 4.03. The van der Waals surface area contributed by atoms with E-state index in [1.54, 1.807) is 24.0 Å². The van der Waals surface area contributed by atoms with Crippen molar-refractivity contribution in [3.63, 3.8) is 0 Å². The maximum Gasteiger partial charge on any atom is 0.251 e. The molecule has 3 N–H and O–H groups in total. The summed E-state index contributed by atoms with van der Waals surface area (Å²) in [6, 6.07) is 3.15. The number of hydrogen-bond acceptors (Lipinski definition) is 4. The Morgan fingerprint density at radius 3 is 2.71 bits per heavy atom. The van der Waals surface area contributed by atoms with Crippen LogP contribution in [0.2, 0.25) is 0 Å². The van der Waals surface area contributed by atoms with Gasteiger partial charge in [-0.2, -0.15) is 0 Å². The molecule has 0 aromatic carbocycles. The molecule has 1 aliphatic heterocycles. The summed E-state index contributed by atoms with van der Waals surface area (Å²) in [7, 11) is 0. The minimum atomic E-state index is -0.176. The quantitative estimate of drug-likeness (QED) is 0.865. The summed E-state index contributed by atoms with van der Waals surface area (Å²) in [6.45, 7) is 7.03. The Bertz CT molecular complexity index is 544. The SMILES string of the molecule is CC(=O)N1C[C@H](NC(=O)c2ccnc(N)c2)[C@@H](C(C)C)C1. The number of aromatic nitrogens is 1. The molecule has 2 heterocycles. The first-order chi connectivity index (χ1) is 9.88. The van der Waals surface area contributed by atoms with Gasteiger partial charge < -0.3 is 16.0 Å². The highest BCUT2D eigenvalue weighted by atomic mass is 16.2. The molecule has 2 amide bonds. The fraction of sp³-hybridized carbons (Fsp3) is 0.533. The van der Waals surface area contributed by atoms with Gasteiger partial charge in [-0.1, -0.05) is 13.8 Å². The van der Waals surface area contributed by atoms with Gasteiger partial charge in [0.25, 0.3) is 5.91 Å². The molecule has 0 bridgehead atoms. The fourth-order valence-corrected chi connectivity index (χ4v) is 2.76. The minimum absolute atomic E-state index is 0.0317. The van der Waals surface area contributed by atoms with Crippen LogP contribution in [0, 0.1) is 11.8 Å². The van der Waals surface area contributed by atoms with Crippen molar-refractivity contribution in [2.24, 2.45) is 11.8 Å². The van der Waals surface area contributed by atoms with E-state index in [-0.39, 0.29) is 23.8 Å².